The van der Waals surface area contributed by atoms with Crippen LogP contribution < -0.4 is 10.8 Å². The molecule has 0 saturated carbocycles. The van der Waals surface area contributed by atoms with Crippen LogP contribution in [0.15, 0.2) is 30.5 Å². The van der Waals surface area contributed by atoms with Gasteiger partial charge in [0.05, 0.1) is 24.5 Å². The molecule has 0 aliphatic rings. The molecule has 136 valence electrons. The quantitative estimate of drug-likeness (QED) is 0.280. The first-order chi connectivity index (χ1) is 12.5. The average Bonchev–Trinajstić information content (AvgIpc) is 2.97. The Labute approximate surface area is 166 Å². The molecule has 0 fully saturated rings. The number of benzene rings is 1. The van der Waals surface area contributed by atoms with Crippen LogP contribution in [-0.4, -0.2) is 29.2 Å². The Bertz CT molecular complexity index is 964. The van der Waals surface area contributed by atoms with E-state index in [1.807, 2.05) is 29.5 Å². The minimum absolute atomic E-state index is 0.0282. The Morgan fingerprint density at radius 1 is 1.42 bits per heavy atom. The maximum Gasteiger partial charge on any atom is 0.278 e. The number of pyridine rings is 1. The molecule has 3 rings (SSSR count). The Kier molecular flexibility index (Phi) is 6.01. The van der Waals surface area contributed by atoms with Crippen LogP contribution >= 0.6 is 33.9 Å². The molecule has 1 amide bonds. The van der Waals surface area contributed by atoms with Gasteiger partial charge in [-0.25, -0.2) is 14.9 Å². The minimum atomic E-state index is -0.491. The van der Waals surface area contributed by atoms with E-state index in [9.17, 15) is 9.18 Å². The van der Waals surface area contributed by atoms with E-state index in [4.69, 9.17) is 9.94 Å². The van der Waals surface area contributed by atoms with Crippen molar-refractivity contribution in [2.24, 2.45) is 0 Å². The number of hydroxylamine groups is 1. The molecule has 3 N–H and O–H groups in total. The summed E-state index contributed by atoms with van der Waals surface area (Å²) in [5.74, 6) is -0.906. The van der Waals surface area contributed by atoms with E-state index in [0.29, 0.717) is 20.8 Å². The van der Waals surface area contributed by atoms with Crippen molar-refractivity contribution in [1.82, 2.24) is 10.5 Å². The summed E-state index contributed by atoms with van der Waals surface area (Å²) in [5.41, 5.74) is 3.76. The van der Waals surface area contributed by atoms with E-state index in [0.717, 1.165) is 9.13 Å². The molecule has 26 heavy (non-hydrogen) atoms. The van der Waals surface area contributed by atoms with Crippen molar-refractivity contribution in [3.8, 4) is 0 Å². The van der Waals surface area contributed by atoms with Crippen molar-refractivity contribution in [2.45, 2.75) is 6.92 Å². The first-order valence-corrected chi connectivity index (χ1v) is 9.54. The van der Waals surface area contributed by atoms with Crippen LogP contribution in [0.4, 0.5) is 15.1 Å². The van der Waals surface area contributed by atoms with Crippen molar-refractivity contribution < 1.29 is 19.1 Å². The lowest BCUT2D eigenvalue weighted by Gasteiger charge is -2.10. The fraction of sp³-hybridized carbons (Fsp3) is 0.176. The standard InChI is InChI=1S/C17H15FIN3O3S/c1-9-4-5-20-16-13(9)14(15(24)22-25-7-6-23)17(26-16)21-12-3-2-10(19)8-11(12)18/h2-5,8,21,23H,6-7H2,1H3,(H,22,24). The zero-order chi connectivity index (χ0) is 18.7. The van der Waals surface area contributed by atoms with Crippen molar-refractivity contribution >= 4 is 60.7 Å². The molecule has 2 heterocycles. The van der Waals surface area contributed by atoms with Crippen molar-refractivity contribution in [3.63, 3.8) is 0 Å². The molecule has 0 atom stereocenters. The number of nitrogens with one attached hydrogen (secondary N) is 2. The van der Waals surface area contributed by atoms with Crippen LogP contribution in [-0.2, 0) is 4.84 Å². The molecule has 3 aromatic rings. The number of nitrogens with zero attached hydrogens (tertiary/aromatic N) is 1. The van der Waals surface area contributed by atoms with E-state index in [-0.39, 0.29) is 18.9 Å². The van der Waals surface area contributed by atoms with E-state index < -0.39 is 11.7 Å². The summed E-state index contributed by atoms with van der Waals surface area (Å²) in [6.45, 7) is 1.63. The van der Waals surface area contributed by atoms with E-state index >= 15 is 0 Å². The highest BCUT2D eigenvalue weighted by Gasteiger charge is 2.22. The summed E-state index contributed by atoms with van der Waals surface area (Å²) >= 11 is 3.29. The van der Waals surface area contributed by atoms with Crippen molar-refractivity contribution in [3.05, 3.63) is 51.0 Å². The third kappa shape index (κ3) is 3.95. The smallest absolute Gasteiger partial charge is 0.278 e. The highest BCUT2D eigenvalue weighted by molar-refractivity contribution is 14.1. The third-order valence-electron chi connectivity index (χ3n) is 3.56. The Morgan fingerprint density at radius 2 is 2.23 bits per heavy atom. The molecule has 0 radical (unpaired) electrons. The molecule has 0 spiro atoms. The number of halogens is 2. The highest BCUT2D eigenvalue weighted by Crippen LogP contribution is 2.38. The van der Waals surface area contributed by atoms with Crippen LogP contribution in [0, 0.1) is 16.3 Å². The summed E-state index contributed by atoms with van der Waals surface area (Å²) in [6, 6.07) is 6.60. The van der Waals surface area contributed by atoms with Gasteiger partial charge >= 0.3 is 0 Å². The fourth-order valence-electron chi connectivity index (χ4n) is 2.41. The SMILES string of the molecule is Cc1ccnc2sc(Nc3ccc(I)cc3F)c(C(=O)NOCCO)c12. The van der Waals surface area contributed by atoms with Gasteiger partial charge in [-0.15, -0.1) is 0 Å². The number of thiophene rings is 1. The second kappa shape index (κ2) is 8.25. The molecular weight excluding hydrogens is 472 g/mol. The second-order valence-electron chi connectivity index (χ2n) is 5.37. The van der Waals surface area contributed by atoms with Gasteiger partial charge < -0.3 is 10.4 Å². The molecule has 0 unspecified atom stereocenters. The maximum absolute atomic E-state index is 14.2. The summed E-state index contributed by atoms with van der Waals surface area (Å²) < 4.78 is 15.0. The summed E-state index contributed by atoms with van der Waals surface area (Å²) in [4.78, 5) is 22.5. The van der Waals surface area contributed by atoms with Crippen molar-refractivity contribution in [2.75, 3.05) is 18.5 Å². The molecule has 0 bridgehead atoms. The molecule has 0 saturated heterocycles. The normalized spacial score (nSPS) is 10.9. The number of aliphatic hydroxyl groups excluding tert-OH is 1. The molecule has 9 heteroatoms. The lowest BCUT2D eigenvalue weighted by molar-refractivity contribution is 0.0170. The first kappa shape index (κ1) is 19.0. The number of fused-ring (bicyclic) bond motifs is 1. The number of aryl methyl sites for hydroxylation is 1. The Morgan fingerprint density at radius 3 is 2.96 bits per heavy atom. The first-order valence-electron chi connectivity index (χ1n) is 7.64. The van der Waals surface area contributed by atoms with Gasteiger partial charge in [0.1, 0.15) is 15.6 Å². The maximum atomic E-state index is 14.2. The van der Waals surface area contributed by atoms with Gasteiger partial charge in [0, 0.05) is 15.2 Å². The number of hydrogen-bond acceptors (Lipinski definition) is 6. The van der Waals surface area contributed by atoms with Crippen LogP contribution in [0.3, 0.4) is 0 Å². The van der Waals surface area contributed by atoms with Gasteiger partial charge in [-0.05, 0) is 59.3 Å². The number of amides is 1. The van der Waals surface area contributed by atoms with E-state index in [2.05, 4.69) is 15.8 Å². The van der Waals surface area contributed by atoms with E-state index in [1.54, 1.807) is 24.4 Å². The largest absolute Gasteiger partial charge is 0.394 e. The number of anilines is 2. The van der Waals surface area contributed by atoms with Gasteiger partial charge in [0.15, 0.2) is 0 Å². The minimum Gasteiger partial charge on any atom is -0.394 e. The predicted molar refractivity (Wildman–Crippen MR) is 107 cm³/mol. The highest BCUT2D eigenvalue weighted by atomic mass is 127. The van der Waals surface area contributed by atoms with Gasteiger partial charge in [0.2, 0.25) is 0 Å². The Balaban J connectivity index is 2.04. The zero-order valence-electron chi connectivity index (χ0n) is 13.7. The number of aromatic nitrogens is 1. The van der Waals surface area contributed by atoms with Gasteiger partial charge in [-0.3, -0.25) is 9.63 Å². The zero-order valence-corrected chi connectivity index (χ0v) is 16.7. The topological polar surface area (TPSA) is 83.5 Å². The number of carbonyl (C=O) groups is 1. The summed E-state index contributed by atoms with van der Waals surface area (Å²) in [6.07, 6.45) is 1.66. The molecule has 6 nitrogen and oxygen atoms in total. The Hall–Kier alpha value is -1.82. The van der Waals surface area contributed by atoms with Crippen LogP contribution in [0.25, 0.3) is 10.2 Å². The monoisotopic (exact) mass is 487 g/mol. The molecule has 0 aliphatic carbocycles. The van der Waals surface area contributed by atoms with Gasteiger partial charge in [0.25, 0.3) is 5.91 Å². The summed E-state index contributed by atoms with van der Waals surface area (Å²) in [5, 5.41) is 12.9. The molecule has 0 aliphatic heterocycles. The number of hydrogen-bond donors (Lipinski definition) is 3. The van der Waals surface area contributed by atoms with Crippen LogP contribution in [0.1, 0.15) is 15.9 Å². The van der Waals surface area contributed by atoms with Gasteiger partial charge in [-0.1, -0.05) is 11.3 Å². The lowest BCUT2D eigenvalue weighted by atomic mass is 10.1. The number of rotatable bonds is 6. The van der Waals surface area contributed by atoms with Gasteiger partial charge in [-0.2, -0.15) is 0 Å². The van der Waals surface area contributed by atoms with Crippen LogP contribution in [0.2, 0.25) is 0 Å². The summed E-state index contributed by atoms with van der Waals surface area (Å²) in [7, 11) is 0. The molecule has 1 aromatic carbocycles. The lowest BCUT2D eigenvalue weighted by Crippen LogP contribution is -2.25. The predicted octanol–water partition coefficient (Wildman–Crippen LogP) is 3.75. The number of aliphatic hydroxyl groups is 1. The van der Waals surface area contributed by atoms with Crippen molar-refractivity contribution in [1.29, 1.82) is 0 Å². The number of carbonyl (C=O) groups excluding carboxylic acids is 1. The average molecular weight is 487 g/mol. The second-order valence-corrected chi connectivity index (χ2v) is 7.61. The molecule has 2 aromatic heterocycles. The fourth-order valence-corrected chi connectivity index (χ4v) is 3.99. The van der Waals surface area contributed by atoms with E-state index in [1.165, 1.54) is 17.4 Å². The third-order valence-corrected chi connectivity index (χ3v) is 5.25. The van der Waals surface area contributed by atoms with Crippen LogP contribution in [0.5, 0.6) is 0 Å². The molecular formula is C17H15FIN3O3S.